The first-order valence-corrected chi connectivity index (χ1v) is 6.26. The van der Waals surface area contributed by atoms with E-state index in [-0.39, 0.29) is 0 Å². The zero-order valence-corrected chi connectivity index (χ0v) is 11.4. The van der Waals surface area contributed by atoms with E-state index >= 15 is 0 Å². The van der Waals surface area contributed by atoms with Gasteiger partial charge in [0, 0.05) is 16.1 Å². The fourth-order valence-corrected chi connectivity index (χ4v) is 1.59. The van der Waals surface area contributed by atoms with Crippen LogP contribution in [0.15, 0.2) is 33.2 Å². The summed E-state index contributed by atoms with van der Waals surface area (Å²) in [5.41, 5.74) is 0.927. The monoisotopic (exact) mass is 295 g/mol. The second-order valence-corrected chi connectivity index (χ2v) is 4.96. The molecule has 0 saturated heterocycles. The number of rotatable bonds is 4. The number of halogens is 1. The number of nitrogens with one attached hydrogen (secondary N) is 1. The van der Waals surface area contributed by atoms with Crippen LogP contribution in [0.5, 0.6) is 0 Å². The standard InChI is InChI=1S/C12H14BrN3O/c1-8(2)14-7-11-15-16-12(17-11)9-3-5-10(13)6-4-9/h3-6,8,14H,7H2,1-2H3. The number of hydrogen-bond donors (Lipinski definition) is 1. The molecule has 1 aromatic heterocycles. The molecule has 90 valence electrons. The van der Waals surface area contributed by atoms with Crippen molar-refractivity contribution < 1.29 is 4.42 Å². The molecule has 0 saturated carbocycles. The second kappa shape index (κ2) is 5.42. The maximum absolute atomic E-state index is 5.56. The summed E-state index contributed by atoms with van der Waals surface area (Å²) in [5.74, 6) is 1.16. The zero-order valence-electron chi connectivity index (χ0n) is 9.77. The van der Waals surface area contributed by atoms with Crippen LogP contribution >= 0.6 is 15.9 Å². The maximum atomic E-state index is 5.56. The van der Waals surface area contributed by atoms with Gasteiger partial charge < -0.3 is 9.73 Å². The topological polar surface area (TPSA) is 51.0 Å². The summed E-state index contributed by atoms with van der Waals surface area (Å²) in [4.78, 5) is 0. The van der Waals surface area contributed by atoms with E-state index in [1.54, 1.807) is 0 Å². The Balaban J connectivity index is 2.10. The molecule has 0 spiro atoms. The summed E-state index contributed by atoms with van der Waals surface area (Å²) < 4.78 is 6.59. The Kier molecular flexibility index (Phi) is 3.91. The van der Waals surface area contributed by atoms with Gasteiger partial charge >= 0.3 is 0 Å². The minimum absolute atomic E-state index is 0.401. The smallest absolute Gasteiger partial charge is 0.247 e. The van der Waals surface area contributed by atoms with Crippen molar-refractivity contribution in [3.63, 3.8) is 0 Å². The highest BCUT2D eigenvalue weighted by Crippen LogP contribution is 2.20. The average Bonchev–Trinajstić information content (AvgIpc) is 2.76. The van der Waals surface area contributed by atoms with Crippen LogP contribution < -0.4 is 5.32 Å². The van der Waals surface area contributed by atoms with Gasteiger partial charge in [-0.25, -0.2) is 0 Å². The first kappa shape index (κ1) is 12.3. The molecule has 1 N–H and O–H groups in total. The van der Waals surface area contributed by atoms with Gasteiger partial charge in [0.05, 0.1) is 6.54 Å². The summed E-state index contributed by atoms with van der Waals surface area (Å²) >= 11 is 3.39. The quantitative estimate of drug-likeness (QED) is 0.942. The Hall–Kier alpha value is -1.20. The highest BCUT2D eigenvalue weighted by atomic mass is 79.9. The zero-order chi connectivity index (χ0) is 12.3. The molecule has 0 radical (unpaired) electrons. The van der Waals surface area contributed by atoms with Gasteiger partial charge in [0.25, 0.3) is 0 Å². The van der Waals surface area contributed by atoms with Crippen molar-refractivity contribution in [1.29, 1.82) is 0 Å². The minimum Gasteiger partial charge on any atom is -0.419 e. The van der Waals surface area contributed by atoms with E-state index in [9.17, 15) is 0 Å². The van der Waals surface area contributed by atoms with Crippen molar-refractivity contribution in [2.24, 2.45) is 0 Å². The molecular formula is C12H14BrN3O. The van der Waals surface area contributed by atoms with E-state index in [4.69, 9.17) is 4.42 Å². The van der Waals surface area contributed by atoms with Crippen LogP contribution in [0.1, 0.15) is 19.7 Å². The number of hydrogen-bond acceptors (Lipinski definition) is 4. The fraction of sp³-hybridized carbons (Fsp3) is 0.333. The number of benzene rings is 1. The van der Waals surface area contributed by atoms with E-state index in [0.717, 1.165) is 10.0 Å². The van der Waals surface area contributed by atoms with Crippen molar-refractivity contribution in [3.8, 4) is 11.5 Å². The third-order valence-corrected chi connectivity index (χ3v) is 2.75. The Morgan fingerprint density at radius 3 is 2.59 bits per heavy atom. The lowest BCUT2D eigenvalue weighted by Crippen LogP contribution is -2.21. The molecule has 0 unspecified atom stereocenters. The Morgan fingerprint density at radius 2 is 1.94 bits per heavy atom. The van der Waals surface area contributed by atoms with Crippen LogP contribution in [0, 0.1) is 0 Å². The molecule has 4 nitrogen and oxygen atoms in total. The molecular weight excluding hydrogens is 282 g/mol. The summed E-state index contributed by atoms with van der Waals surface area (Å²) in [6.45, 7) is 4.75. The molecule has 1 aromatic carbocycles. The van der Waals surface area contributed by atoms with Crippen LogP contribution in [0.25, 0.3) is 11.5 Å². The predicted molar refractivity (Wildman–Crippen MR) is 69.4 cm³/mol. The molecule has 2 aromatic rings. The molecule has 0 fully saturated rings. The van der Waals surface area contributed by atoms with Gasteiger partial charge in [-0.3, -0.25) is 0 Å². The lowest BCUT2D eigenvalue weighted by Gasteiger charge is -2.03. The first-order chi connectivity index (χ1) is 8.15. The van der Waals surface area contributed by atoms with Crippen LogP contribution in [0.2, 0.25) is 0 Å². The molecule has 2 rings (SSSR count). The van der Waals surface area contributed by atoms with E-state index in [0.29, 0.717) is 24.4 Å². The fourth-order valence-electron chi connectivity index (χ4n) is 1.33. The first-order valence-electron chi connectivity index (χ1n) is 5.47. The van der Waals surface area contributed by atoms with Crippen LogP contribution in [-0.2, 0) is 6.54 Å². The summed E-state index contributed by atoms with van der Waals surface area (Å²) in [5, 5.41) is 11.3. The second-order valence-electron chi connectivity index (χ2n) is 4.04. The third kappa shape index (κ3) is 3.38. The largest absolute Gasteiger partial charge is 0.419 e. The van der Waals surface area contributed by atoms with Crippen molar-refractivity contribution in [2.45, 2.75) is 26.4 Å². The van der Waals surface area contributed by atoms with E-state index < -0.39 is 0 Å². The molecule has 1 heterocycles. The summed E-state index contributed by atoms with van der Waals surface area (Å²) in [7, 11) is 0. The molecule has 17 heavy (non-hydrogen) atoms. The molecule has 0 aliphatic heterocycles. The molecule has 5 heteroatoms. The van der Waals surface area contributed by atoms with Crippen molar-refractivity contribution in [2.75, 3.05) is 0 Å². The molecule has 0 bridgehead atoms. The van der Waals surface area contributed by atoms with Gasteiger partial charge in [0.2, 0.25) is 11.8 Å². The van der Waals surface area contributed by atoms with Gasteiger partial charge in [-0.15, -0.1) is 10.2 Å². The summed E-state index contributed by atoms with van der Waals surface area (Å²) in [6.07, 6.45) is 0. The molecule has 0 aliphatic rings. The van der Waals surface area contributed by atoms with Gasteiger partial charge in [0.1, 0.15) is 0 Å². The lowest BCUT2D eigenvalue weighted by molar-refractivity contribution is 0.459. The molecule has 0 amide bonds. The highest BCUT2D eigenvalue weighted by Gasteiger charge is 2.08. The number of aromatic nitrogens is 2. The van der Waals surface area contributed by atoms with Gasteiger partial charge in [-0.05, 0) is 24.3 Å². The van der Waals surface area contributed by atoms with Crippen molar-refractivity contribution in [1.82, 2.24) is 15.5 Å². The van der Waals surface area contributed by atoms with Crippen molar-refractivity contribution in [3.05, 3.63) is 34.6 Å². The number of nitrogens with zero attached hydrogens (tertiary/aromatic N) is 2. The van der Waals surface area contributed by atoms with Crippen LogP contribution in [0.4, 0.5) is 0 Å². The highest BCUT2D eigenvalue weighted by molar-refractivity contribution is 9.10. The third-order valence-electron chi connectivity index (χ3n) is 2.22. The Labute approximate surface area is 109 Å². The van der Waals surface area contributed by atoms with E-state index in [1.807, 2.05) is 24.3 Å². The minimum atomic E-state index is 0.401. The SMILES string of the molecule is CC(C)NCc1nnc(-c2ccc(Br)cc2)o1. The Bertz CT molecular complexity index is 479. The average molecular weight is 296 g/mol. The maximum Gasteiger partial charge on any atom is 0.247 e. The van der Waals surface area contributed by atoms with Crippen LogP contribution in [0.3, 0.4) is 0 Å². The van der Waals surface area contributed by atoms with Crippen molar-refractivity contribution >= 4 is 15.9 Å². The van der Waals surface area contributed by atoms with Gasteiger partial charge in [0.15, 0.2) is 0 Å². The van der Waals surface area contributed by atoms with Crippen LogP contribution in [-0.4, -0.2) is 16.2 Å². The molecule has 0 atom stereocenters. The molecule has 0 aliphatic carbocycles. The Morgan fingerprint density at radius 1 is 1.24 bits per heavy atom. The van der Waals surface area contributed by atoms with Gasteiger partial charge in [-0.1, -0.05) is 29.8 Å². The summed E-state index contributed by atoms with van der Waals surface area (Å²) in [6, 6.07) is 8.18. The van der Waals surface area contributed by atoms with E-state index in [1.165, 1.54) is 0 Å². The lowest BCUT2D eigenvalue weighted by atomic mass is 10.2. The van der Waals surface area contributed by atoms with Gasteiger partial charge in [-0.2, -0.15) is 0 Å². The van der Waals surface area contributed by atoms with E-state index in [2.05, 4.69) is 45.3 Å². The predicted octanol–water partition coefficient (Wildman–Crippen LogP) is 3.00. The normalized spacial score (nSPS) is 11.1.